The second-order valence-electron chi connectivity index (χ2n) is 5.90. The molecule has 0 radical (unpaired) electrons. The SMILES string of the molecule is O=C(Nc1ccccc1)c1sc(-c2ccccc2O)nc1-c1ccccc1. The van der Waals surface area contributed by atoms with Crippen molar-refractivity contribution in [2.24, 2.45) is 0 Å². The topological polar surface area (TPSA) is 62.2 Å². The van der Waals surface area contributed by atoms with Gasteiger partial charge in [0.25, 0.3) is 5.91 Å². The van der Waals surface area contributed by atoms with Crippen LogP contribution in [-0.4, -0.2) is 16.0 Å². The van der Waals surface area contributed by atoms with Crippen LogP contribution in [-0.2, 0) is 0 Å². The smallest absolute Gasteiger partial charge is 0.268 e. The lowest BCUT2D eigenvalue weighted by Gasteiger charge is -2.05. The normalized spacial score (nSPS) is 10.5. The van der Waals surface area contributed by atoms with Gasteiger partial charge in [-0.25, -0.2) is 4.98 Å². The zero-order chi connectivity index (χ0) is 18.6. The van der Waals surface area contributed by atoms with Gasteiger partial charge in [-0.2, -0.15) is 0 Å². The van der Waals surface area contributed by atoms with E-state index in [1.807, 2.05) is 66.7 Å². The van der Waals surface area contributed by atoms with E-state index in [9.17, 15) is 9.90 Å². The van der Waals surface area contributed by atoms with E-state index in [0.29, 0.717) is 21.1 Å². The Morgan fingerprint density at radius 2 is 1.48 bits per heavy atom. The Kier molecular flexibility index (Phi) is 4.68. The molecule has 4 aromatic rings. The number of nitrogens with zero attached hydrogens (tertiary/aromatic N) is 1. The first kappa shape index (κ1) is 17.0. The molecule has 27 heavy (non-hydrogen) atoms. The molecule has 4 rings (SSSR count). The van der Waals surface area contributed by atoms with Crippen molar-refractivity contribution in [1.82, 2.24) is 4.98 Å². The zero-order valence-electron chi connectivity index (χ0n) is 14.3. The highest BCUT2D eigenvalue weighted by atomic mass is 32.1. The quantitative estimate of drug-likeness (QED) is 0.502. The molecule has 0 aliphatic heterocycles. The summed E-state index contributed by atoms with van der Waals surface area (Å²) in [7, 11) is 0. The number of aromatic nitrogens is 1. The first-order valence-electron chi connectivity index (χ1n) is 8.43. The van der Waals surface area contributed by atoms with Crippen molar-refractivity contribution in [3.05, 3.63) is 89.8 Å². The number of rotatable bonds is 4. The minimum absolute atomic E-state index is 0.140. The Balaban J connectivity index is 1.79. The summed E-state index contributed by atoms with van der Waals surface area (Å²) in [4.78, 5) is 18.1. The molecule has 0 spiro atoms. The van der Waals surface area contributed by atoms with Crippen LogP contribution in [0.3, 0.4) is 0 Å². The number of carbonyl (C=O) groups excluding carboxylic acids is 1. The minimum Gasteiger partial charge on any atom is -0.507 e. The standard InChI is InChI=1S/C22H16N2O2S/c25-18-14-8-7-13-17(18)22-24-19(15-9-3-1-4-10-15)20(27-22)21(26)23-16-11-5-2-6-12-16/h1-14,25H,(H,23,26). The van der Waals surface area contributed by atoms with Gasteiger partial charge in [-0.05, 0) is 24.3 Å². The van der Waals surface area contributed by atoms with Gasteiger partial charge in [0.05, 0.1) is 11.3 Å². The van der Waals surface area contributed by atoms with Crippen LogP contribution in [0.4, 0.5) is 5.69 Å². The second-order valence-corrected chi connectivity index (χ2v) is 6.90. The Morgan fingerprint density at radius 3 is 2.19 bits per heavy atom. The molecular formula is C22H16N2O2S. The molecule has 5 heteroatoms. The maximum atomic E-state index is 12.9. The van der Waals surface area contributed by atoms with E-state index in [-0.39, 0.29) is 11.7 Å². The molecule has 2 N–H and O–H groups in total. The Hall–Kier alpha value is -3.44. The van der Waals surface area contributed by atoms with Gasteiger partial charge in [0.1, 0.15) is 15.6 Å². The number of aromatic hydroxyl groups is 1. The van der Waals surface area contributed by atoms with E-state index in [0.717, 1.165) is 11.3 Å². The highest BCUT2D eigenvalue weighted by Crippen LogP contribution is 2.37. The Bertz CT molecular complexity index is 1080. The molecule has 1 heterocycles. The van der Waals surface area contributed by atoms with Gasteiger partial charge in [0.15, 0.2) is 0 Å². The lowest BCUT2D eigenvalue weighted by atomic mass is 10.1. The lowest BCUT2D eigenvalue weighted by Crippen LogP contribution is -2.11. The summed E-state index contributed by atoms with van der Waals surface area (Å²) in [6, 6.07) is 25.9. The molecule has 132 valence electrons. The molecule has 1 amide bonds. The van der Waals surface area contributed by atoms with E-state index >= 15 is 0 Å². The monoisotopic (exact) mass is 372 g/mol. The summed E-state index contributed by atoms with van der Waals surface area (Å²) in [5.74, 6) is -0.0832. The maximum absolute atomic E-state index is 12.9. The number of phenolic OH excluding ortho intramolecular Hbond substituents is 1. The van der Waals surface area contributed by atoms with Gasteiger partial charge in [-0.15, -0.1) is 11.3 Å². The number of nitrogens with one attached hydrogen (secondary N) is 1. The molecule has 3 aromatic carbocycles. The van der Waals surface area contributed by atoms with Crippen molar-refractivity contribution in [2.45, 2.75) is 0 Å². The van der Waals surface area contributed by atoms with E-state index in [4.69, 9.17) is 0 Å². The van der Waals surface area contributed by atoms with Crippen molar-refractivity contribution in [1.29, 1.82) is 0 Å². The van der Waals surface area contributed by atoms with Crippen molar-refractivity contribution in [3.63, 3.8) is 0 Å². The lowest BCUT2D eigenvalue weighted by molar-refractivity contribution is 0.103. The molecular weight excluding hydrogens is 356 g/mol. The third-order valence-electron chi connectivity index (χ3n) is 4.05. The molecule has 0 saturated carbocycles. The Morgan fingerprint density at radius 1 is 0.852 bits per heavy atom. The van der Waals surface area contributed by atoms with Crippen LogP contribution >= 0.6 is 11.3 Å². The van der Waals surface area contributed by atoms with E-state index in [2.05, 4.69) is 10.3 Å². The van der Waals surface area contributed by atoms with Crippen molar-refractivity contribution in [3.8, 4) is 27.6 Å². The summed E-state index contributed by atoms with van der Waals surface area (Å²) < 4.78 is 0. The van der Waals surface area contributed by atoms with Gasteiger partial charge >= 0.3 is 0 Å². The Labute approximate surface area is 160 Å². The first-order valence-corrected chi connectivity index (χ1v) is 9.25. The second kappa shape index (κ2) is 7.43. The van der Waals surface area contributed by atoms with E-state index in [1.54, 1.807) is 18.2 Å². The number of anilines is 1. The highest BCUT2D eigenvalue weighted by molar-refractivity contribution is 7.17. The number of benzene rings is 3. The number of amides is 1. The molecule has 0 atom stereocenters. The van der Waals surface area contributed by atoms with Gasteiger partial charge in [0.2, 0.25) is 0 Å². The van der Waals surface area contributed by atoms with E-state index in [1.165, 1.54) is 11.3 Å². The summed E-state index contributed by atoms with van der Waals surface area (Å²) in [5.41, 5.74) is 2.79. The molecule has 0 bridgehead atoms. The summed E-state index contributed by atoms with van der Waals surface area (Å²) in [5, 5.41) is 13.7. The van der Waals surface area contributed by atoms with Crippen molar-refractivity contribution >= 4 is 22.9 Å². The predicted molar refractivity (Wildman–Crippen MR) is 109 cm³/mol. The number of hydrogen-bond acceptors (Lipinski definition) is 4. The van der Waals surface area contributed by atoms with Gasteiger partial charge in [0, 0.05) is 11.3 Å². The molecule has 4 nitrogen and oxygen atoms in total. The highest BCUT2D eigenvalue weighted by Gasteiger charge is 2.21. The number of phenols is 1. The van der Waals surface area contributed by atoms with E-state index < -0.39 is 0 Å². The molecule has 0 aliphatic carbocycles. The fraction of sp³-hybridized carbons (Fsp3) is 0. The first-order chi connectivity index (χ1) is 13.2. The van der Waals surface area contributed by atoms with Gasteiger partial charge < -0.3 is 10.4 Å². The molecule has 0 fully saturated rings. The van der Waals surface area contributed by atoms with Crippen LogP contribution < -0.4 is 5.32 Å². The van der Waals surface area contributed by atoms with Crippen LogP contribution in [0.25, 0.3) is 21.8 Å². The summed E-state index contributed by atoms with van der Waals surface area (Å²) in [6.45, 7) is 0. The van der Waals surface area contributed by atoms with Crippen molar-refractivity contribution in [2.75, 3.05) is 5.32 Å². The average Bonchev–Trinajstić information content (AvgIpc) is 3.15. The fourth-order valence-corrected chi connectivity index (χ4v) is 3.76. The largest absolute Gasteiger partial charge is 0.507 e. The van der Waals surface area contributed by atoms with Crippen molar-refractivity contribution < 1.29 is 9.90 Å². The zero-order valence-corrected chi connectivity index (χ0v) is 15.1. The average molecular weight is 372 g/mol. The van der Waals surface area contributed by atoms with Crippen LogP contribution in [0.5, 0.6) is 5.75 Å². The van der Waals surface area contributed by atoms with Crippen LogP contribution in [0.2, 0.25) is 0 Å². The number of hydrogen-bond donors (Lipinski definition) is 2. The number of thiazole rings is 1. The predicted octanol–water partition coefficient (Wildman–Crippen LogP) is 5.44. The molecule has 0 unspecified atom stereocenters. The summed E-state index contributed by atoms with van der Waals surface area (Å²) in [6.07, 6.45) is 0. The van der Waals surface area contributed by atoms with Gasteiger partial charge in [-0.1, -0.05) is 60.7 Å². The number of para-hydroxylation sites is 2. The molecule has 1 aromatic heterocycles. The third kappa shape index (κ3) is 3.59. The maximum Gasteiger partial charge on any atom is 0.268 e. The van der Waals surface area contributed by atoms with Gasteiger partial charge in [-0.3, -0.25) is 4.79 Å². The third-order valence-corrected chi connectivity index (χ3v) is 5.13. The van der Waals surface area contributed by atoms with Crippen LogP contribution in [0.1, 0.15) is 9.67 Å². The molecule has 0 aliphatic rings. The molecule has 0 saturated heterocycles. The number of carbonyl (C=O) groups is 1. The fourth-order valence-electron chi connectivity index (χ4n) is 2.74. The minimum atomic E-state index is -0.223. The summed E-state index contributed by atoms with van der Waals surface area (Å²) >= 11 is 1.27. The van der Waals surface area contributed by atoms with Crippen LogP contribution in [0, 0.1) is 0 Å². The van der Waals surface area contributed by atoms with Crippen LogP contribution in [0.15, 0.2) is 84.9 Å².